The molecule has 0 saturated heterocycles. The molecule has 0 saturated carbocycles. The van der Waals surface area contributed by atoms with Gasteiger partial charge in [-0.05, 0) is 97.4 Å². The highest BCUT2D eigenvalue weighted by molar-refractivity contribution is 6.14. The summed E-state index contributed by atoms with van der Waals surface area (Å²) in [5.74, 6) is 0.679. The van der Waals surface area contributed by atoms with E-state index in [1.165, 1.54) is 27.1 Å². The summed E-state index contributed by atoms with van der Waals surface area (Å²) >= 11 is 0. The van der Waals surface area contributed by atoms with Crippen molar-refractivity contribution in [1.29, 1.82) is 0 Å². The molecule has 11 aromatic carbocycles. The van der Waals surface area contributed by atoms with E-state index < -0.39 is 0 Å². The Kier molecular flexibility index (Phi) is 9.17. The van der Waals surface area contributed by atoms with Gasteiger partial charge in [0.1, 0.15) is 22.3 Å². The molecule has 14 aromatic rings. The van der Waals surface area contributed by atoms with Crippen LogP contribution in [0.1, 0.15) is 0 Å². The average molecular weight is 893 g/mol. The van der Waals surface area contributed by atoms with Crippen molar-refractivity contribution < 1.29 is 8.83 Å². The lowest BCUT2D eigenvalue weighted by Gasteiger charge is -2.13. The van der Waals surface area contributed by atoms with Crippen molar-refractivity contribution >= 4 is 65.4 Å². The molecule has 326 valence electrons. The molecule has 0 atom stereocenters. The van der Waals surface area contributed by atoms with E-state index in [-0.39, 0.29) is 0 Å². The molecule has 0 fully saturated rings. The van der Waals surface area contributed by atoms with Crippen LogP contribution >= 0.6 is 0 Å². The van der Waals surface area contributed by atoms with Crippen molar-refractivity contribution in [3.8, 4) is 78.4 Å². The number of hydrogen-bond donors (Lipinski definition) is 0. The second-order valence-electron chi connectivity index (χ2n) is 18.0. The minimum atomic E-state index is 0.679. The van der Waals surface area contributed by atoms with Crippen LogP contribution < -0.4 is 0 Å². The maximum atomic E-state index is 6.61. The van der Waals surface area contributed by atoms with E-state index in [9.17, 15) is 0 Å². The fourth-order valence-electron chi connectivity index (χ4n) is 10.5. The Morgan fingerprint density at radius 2 is 0.700 bits per heavy atom. The third-order valence-electron chi connectivity index (χ3n) is 13.9. The Labute approximate surface area is 403 Å². The summed E-state index contributed by atoms with van der Waals surface area (Å²) in [5, 5.41) is 9.39. The number of hydrogen-bond acceptors (Lipinski definition) is 4. The van der Waals surface area contributed by atoms with Crippen LogP contribution in [-0.4, -0.2) is 9.97 Å². The fourth-order valence-corrected chi connectivity index (χ4v) is 10.5. The van der Waals surface area contributed by atoms with Gasteiger partial charge in [0.2, 0.25) is 0 Å². The average Bonchev–Trinajstić information content (AvgIpc) is 4.02. The third kappa shape index (κ3) is 6.69. The summed E-state index contributed by atoms with van der Waals surface area (Å²) in [4.78, 5) is 10.4. The van der Waals surface area contributed by atoms with Gasteiger partial charge >= 0.3 is 0 Å². The van der Waals surface area contributed by atoms with Crippen molar-refractivity contribution in [2.45, 2.75) is 0 Å². The first-order chi connectivity index (χ1) is 34.7. The summed E-state index contributed by atoms with van der Waals surface area (Å²) in [6, 6.07) is 85.8. The van der Waals surface area contributed by atoms with Crippen LogP contribution in [0.3, 0.4) is 0 Å². The van der Waals surface area contributed by atoms with Crippen LogP contribution in [0, 0.1) is 0 Å². The van der Waals surface area contributed by atoms with Gasteiger partial charge in [-0.2, -0.15) is 0 Å². The smallest absolute Gasteiger partial charge is 0.160 e. The molecule has 0 N–H and O–H groups in total. The second kappa shape index (κ2) is 16.2. The van der Waals surface area contributed by atoms with E-state index >= 15 is 0 Å². The van der Waals surface area contributed by atoms with Crippen LogP contribution in [0.25, 0.3) is 144 Å². The van der Waals surface area contributed by atoms with Crippen LogP contribution in [0.4, 0.5) is 0 Å². The lowest BCUT2D eigenvalue weighted by atomic mass is 9.91. The normalized spacial score (nSPS) is 11.7. The summed E-state index contributed by atoms with van der Waals surface area (Å²) < 4.78 is 13.2. The van der Waals surface area contributed by atoms with Gasteiger partial charge in [0.05, 0.1) is 11.4 Å². The van der Waals surface area contributed by atoms with Gasteiger partial charge < -0.3 is 8.83 Å². The molecular formula is C66H40N2O2. The van der Waals surface area contributed by atoms with Crippen LogP contribution in [-0.2, 0) is 0 Å². The van der Waals surface area contributed by atoms with Crippen LogP contribution in [0.15, 0.2) is 251 Å². The largest absolute Gasteiger partial charge is 0.455 e. The van der Waals surface area contributed by atoms with Gasteiger partial charge in [-0.1, -0.05) is 200 Å². The number of fused-ring (bicyclic) bond motifs is 9. The van der Waals surface area contributed by atoms with Gasteiger partial charge in [0.15, 0.2) is 5.82 Å². The van der Waals surface area contributed by atoms with Crippen molar-refractivity contribution in [2.24, 2.45) is 0 Å². The van der Waals surface area contributed by atoms with E-state index in [4.69, 9.17) is 18.8 Å². The zero-order valence-electron chi connectivity index (χ0n) is 37.8. The molecule has 0 aliphatic rings. The first-order valence-corrected chi connectivity index (χ1v) is 23.7. The second-order valence-corrected chi connectivity index (χ2v) is 18.0. The number of nitrogens with zero attached hydrogens (tertiary/aromatic N) is 2. The molecule has 14 rings (SSSR count). The van der Waals surface area contributed by atoms with Gasteiger partial charge in [-0.3, -0.25) is 0 Å². The number of para-hydroxylation sites is 4. The third-order valence-corrected chi connectivity index (χ3v) is 13.9. The SMILES string of the molecule is c1ccc(-c2nc(-c3ccc(-c4cc(-c5cccc6c5oc5ccccc56)cc(-c5cccc6c5oc5ccccc56)c4)cc3)cc(-c3ccc(-c4cc5ccccc5c5ccccc45)cc3)n2)cc1. The maximum absolute atomic E-state index is 6.61. The number of furan rings is 2. The molecule has 0 amide bonds. The summed E-state index contributed by atoms with van der Waals surface area (Å²) in [6.07, 6.45) is 0. The molecular weight excluding hydrogens is 853 g/mol. The summed E-state index contributed by atoms with van der Waals surface area (Å²) in [7, 11) is 0. The molecule has 4 nitrogen and oxygen atoms in total. The molecule has 70 heavy (non-hydrogen) atoms. The van der Waals surface area contributed by atoms with E-state index in [2.05, 4.69) is 200 Å². The minimum Gasteiger partial charge on any atom is -0.455 e. The molecule has 0 spiro atoms. The molecule has 3 heterocycles. The number of benzene rings is 11. The molecule has 0 aliphatic heterocycles. The predicted octanol–water partition coefficient (Wildman–Crippen LogP) is 18.3. The van der Waals surface area contributed by atoms with Gasteiger partial charge in [-0.25, -0.2) is 9.97 Å². The maximum Gasteiger partial charge on any atom is 0.160 e. The Balaban J connectivity index is 0.880. The lowest BCUT2D eigenvalue weighted by Crippen LogP contribution is -1.96. The molecule has 0 unspecified atom stereocenters. The van der Waals surface area contributed by atoms with Crippen LogP contribution in [0.2, 0.25) is 0 Å². The van der Waals surface area contributed by atoms with E-state index in [1.807, 2.05) is 42.5 Å². The molecule has 0 bridgehead atoms. The zero-order valence-corrected chi connectivity index (χ0v) is 37.8. The predicted molar refractivity (Wildman–Crippen MR) is 290 cm³/mol. The van der Waals surface area contributed by atoms with E-state index in [1.54, 1.807) is 0 Å². The Bertz CT molecular complexity index is 4200. The van der Waals surface area contributed by atoms with Crippen molar-refractivity contribution in [3.63, 3.8) is 0 Å². The van der Waals surface area contributed by atoms with E-state index in [0.29, 0.717) is 5.82 Å². The topological polar surface area (TPSA) is 52.1 Å². The Morgan fingerprint density at radius 3 is 1.30 bits per heavy atom. The first kappa shape index (κ1) is 39.8. The molecule has 0 radical (unpaired) electrons. The summed E-state index contributed by atoms with van der Waals surface area (Å²) in [5.41, 5.74) is 16.9. The highest BCUT2D eigenvalue weighted by Crippen LogP contribution is 2.43. The molecule has 0 aliphatic carbocycles. The minimum absolute atomic E-state index is 0.679. The van der Waals surface area contributed by atoms with Crippen molar-refractivity contribution in [1.82, 2.24) is 9.97 Å². The standard InChI is InChI=1S/C66H40N2O2/c1-2-14-45(15-3-1)66-67-60(40-61(68-66)44-34-30-42(31-35-44)59-39-46-16-4-5-17-50(46)53-18-6-7-19-54(53)59)43-32-28-41(29-33-43)47-36-48(51-22-12-24-57-55-20-8-10-26-62(55)69-64(51)57)38-49(37-47)52-23-13-25-58-56-21-9-11-27-63(56)70-65(52)58/h1-40H. The van der Waals surface area contributed by atoms with Crippen LogP contribution in [0.5, 0.6) is 0 Å². The van der Waals surface area contributed by atoms with Crippen molar-refractivity contribution in [3.05, 3.63) is 243 Å². The fraction of sp³-hybridized carbons (Fsp3) is 0. The quantitative estimate of drug-likeness (QED) is 0.150. The number of rotatable bonds is 7. The van der Waals surface area contributed by atoms with Crippen molar-refractivity contribution in [2.75, 3.05) is 0 Å². The molecule has 3 aromatic heterocycles. The van der Waals surface area contributed by atoms with E-state index in [0.717, 1.165) is 111 Å². The van der Waals surface area contributed by atoms with Gasteiger partial charge in [0, 0.05) is 49.4 Å². The lowest BCUT2D eigenvalue weighted by molar-refractivity contribution is 0.670. The highest BCUT2D eigenvalue weighted by Gasteiger charge is 2.19. The molecule has 4 heteroatoms. The number of aromatic nitrogens is 2. The monoisotopic (exact) mass is 892 g/mol. The highest BCUT2D eigenvalue weighted by atomic mass is 16.3. The summed E-state index contributed by atoms with van der Waals surface area (Å²) in [6.45, 7) is 0. The van der Waals surface area contributed by atoms with Gasteiger partial charge in [0.25, 0.3) is 0 Å². The zero-order chi connectivity index (χ0) is 46.1. The Morgan fingerprint density at radius 1 is 0.243 bits per heavy atom. The van der Waals surface area contributed by atoms with Gasteiger partial charge in [-0.15, -0.1) is 0 Å². The first-order valence-electron chi connectivity index (χ1n) is 23.7. The Hall–Kier alpha value is -9.38.